The molecule has 1 unspecified atom stereocenters. The van der Waals surface area contributed by atoms with Gasteiger partial charge in [0.2, 0.25) is 5.91 Å². The molecule has 8 nitrogen and oxygen atoms in total. The number of hydrogen-bond acceptors (Lipinski definition) is 5. The minimum atomic E-state index is -1.21. The molecule has 0 spiro atoms. The van der Waals surface area contributed by atoms with Crippen LogP contribution < -0.4 is 10.2 Å². The summed E-state index contributed by atoms with van der Waals surface area (Å²) >= 11 is 0. The quantitative estimate of drug-likeness (QED) is 0.815. The number of rotatable bonds is 5. The van der Waals surface area contributed by atoms with Gasteiger partial charge < -0.3 is 24.8 Å². The first-order chi connectivity index (χ1) is 12.7. The van der Waals surface area contributed by atoms with Gasteiger partial charge in [0.25, 0.3) is 0 Å². The second-order valence-corrected chi connectivity index (χ2v) is 7.30. The maximum absolute atomic E-state index is 12.7. The van der Waals surface area contributed by atoms with Crippen molar-refractivity contribution in [2.24, 2.45) is 0 Å². The van der Waals surface area contributed by atoms with Crippen molar-refractivity contribution in [3.05, 3.63) is 29.8 Å². The zero-order valence-electron chi connectivity index (χ0n) is 15.9. The number of para-hydroxylation sites is 1. The van der Waals surface area contributed by atoms with Gasteiger partial charge in [-0.2, -0.15) is 0 Å². The van der Waals surface area contributed by atoms with Crippen LogP contribution in [0.1, 0.15) is 39.2 Å². The summed E-state index contributed by atoms with van der Waals surface area (Å²) in [5, 5.41) is 11.6. The lowest BCUT2D eigenvalue weighted by Crippen LogP contribution is -2.44. The highest BCUT2D eigenvalue weighted by Gasteiger charge is 2.27. The van der Waals surface area contributed by atoms with Gasteiger partial charge in [-0.25, -0.2) is 9.59 Å². The number of carboxylic acids is 1. The topological polar surface area (TPSA) is 105 Å². The number of benzene rings is 1. The predicted molar refractivity (Wildman–Crippen MR) is 98.5 cm³/mol. The number of hydrogen-bond donors (Lipinski definition) is 2. The third kappa shape index (κ3) is 6.25. The molecule has 148 valence electrons. The smallest absolute Gasteiger partial charge is 0.408 e. The molecule has 27 heavy (non-hydrogen) atoms. The van der Waals surface area contributed by atoms with E-state index in [4.69, 9.17) is 9.47 Å². The summed E-state index contributed by atoms with van der Waals surface area (Å²) in [5.74, 6) is -1.43. The first kappa shape index (κ1) is 20.7. The Bertz CT molecular complexity index is 698. The first-order valence-electron chi connectivity index (χ1n) is 8.86. The van der Waals surface area contributed by atoms with Gasteiger partial charge in [-0.3, -0.25) is 4.79 Å². The number of nitrogens with zero attached hydrogens (tertiary/aromatic N) is 1. The van der Waals surface area contributed by atoms with E-state index in [9.17, 15) is 19.5 Å². The molecule has 2 N–H and O–H groups in total. The third-order valence-corrected chi connectivity index (χ3v) is 3.94. The number of fused-ring (bicyclic) bond motifs is 1. The second-order valence-electron chi connectivity index (χ2n) is 7.30. The molecule has 1 heterocycles. The van der Waals surface area contributed by atoms with E-state index in [1.165, 1.54) is 0 Å². The van der Waals surface area contributed by atoms with E-state index in [0.717, 1.165) is 11.3 Å². The van der Waals surface area contributed by atoms with Gasteiger partial charge in [0, 0.05) is 24.2 Å². The number of alkyl carbamates (subject to hydrolysis) is 1. The molecule has 1 aliphatic rings. The van der Waals surface area contributed by atoms with Crippen molar-refractivity contribution in [3.8, 4) is 0 Å². The van der Waals surface area contributed by atoms with Crippen molar-refractivity contribution in [2.45, 2.75) is 51.9 Å². The van der Waals surface area contributed by atoms with Crippen LogP contribution in [0.2, 0.25) is 0 Å². The molecule has 1 aromatic carbocycles. The van der Waals surface area contributed by atoms with Gasteiger partial charge in [-0.05, 0) is 33.3 Å². The van der Waals surface area contributed by atoms with Crippen LogP contribution in [-0.2, 0) is 25.7 Å². The van der Waals surface area contributed by atoms with Crippen LogP contribution in [0.15, 0.2) is 24.3 Å². The van der Waals surface area contributed by atoms with Gasteiger partial charge >= 0.3 is 12.1 Å². The molecule has 8 heteroatoms. The van der Waals surface area contributed by atoms with Gasteiger partial charge in [0.15, 0.2) is 0 Å². The zero-order valence-corrected chi connectivity index (χ0v) is 15.9. The first-order valence-corrected chi connectivity index (χ1v) is 8.86. The molecule has 1 atom stereocenters. The predicted octanol–water partition coefficient (Wildman–Crippen LogP) is 2.31. The van der Waals surface area contributed by atoms with Gasteiger partial charge in [-0.15, -0.1) is 0 Å². The molecule has 2 rings (SSSR count). The average molecular weight is 378 g/mol. The standard InChI is InChI=1S/C19H26N2O6/c1-19(2,3)27-18(25)20-14(17(23)24)8-9-16(22)21-10-11-26-12-13-6-4-5-7-15(13)21/h4-7,14H,8-12H2,1-3H3,(H,20,25)(H,23,24). The molecule has 0 saturated carbocycles. The summed E-state index contributed by atoms with van der Waals surface area (Å²) in [5.41, 5.74) is 0.940. The van der Waals surface area contributed by atoms with Crippen molar-refractivity contribution >= 4 is 23.7 Å². The molecule has 0 fully saturated rings. The number of carboxylic acid groups (broad SMARTS) is 1. The summed E-state index contributed by atoms with van der Waals surface area (Å²) in [6.45, 7) is 6.28. The fourth-order valence-corrected chi connectivity index (χ4v) is 2.72. The van der Waals surface area contributed by atoms with Crippen LogP contribution in [0, 0.1) is 0 Å². The van der Waals surface area contributed by atoms with E-state index in [2.05, 4.69) is 5.32 Å². The lowest BCUT2D eigenvalue weighted by molar-refractivity contribution is -0.139. The highest BCUT2D eigenvalue weighted by Crippen LogP contribution is 2.24. The molecular formula is C19H26N2O6. The molecule has 1 aromatic rings. The van der Waals surface area contributed by atoms with E-state index in [0.29, 0.717) is 19.8 Å². The Hall–Kier alpha value is -2.61. The minimum absolute atomic E-state index is 0.0267. The number of anilines is 1. The van der Waals surface area contributed by atoms with Gasteiger partial charge in [0.1, 0.15) is 11.6 Å². The largest absolute Gasteiger partial charge is 0.480 e. The second kappa shape index (κ2) is 8.85. The van der Waals surface area contributed by atoms with Crippen molar-refractivity contribution in [1.82, 2.24) is 5.32 Å². The van der Waals surface area contributed by atoms with E-state index in [-0.39, 0.29) is 18.7 Å². The van der Waals surface area contributed by atoms with E-state index in [1.54, 1.807) is 25.7 Å². The number of carbonyl (C=O) groups is 3. The Morgan fingerprint density at radius 3 is 2.67 bits per heavy atom. The Morgan fingerprint density at radius 2 is 2.00 bits per heavy atom. The molecule has 0 bridgehead atoms. The van der Waals surface area contributed by atoms with E-state index < -0.39 is 23.7 Å². The summed E-state index contributed by atoms with van der Waals surface area (Å²) in [6.07, 6.45) is -0.885. The van der Waals surface area contributed by atoms with Crippen molar-refractivity contribution in [1.29, 1.82) is 0 Å². The molecule has 0 saturated heterocycles. The zero-order chi connectivity index (χ0) is 20.0. The molecule has 0 radical (unpaired) electrons. The van der Waals surface area contributed by atoms with Crippen LogP contribution in [0.4, 0.5) is 10.5 Å². The van der Waals surface area contributed by atoms with Gasteiger partial charge in [-0.1, -0.05) is 18.2 Å². The lowest BCUT2D eigenvalue weighted by Gasteiger charge is -2.24. The summed E-state index contributed by atoms with van der Waals surface area (Å²) in [6, 6.07) is 6.25. The van der Waals surface area contributed by atoms with Crippen LogP contribution >= 0.6 is 0 Å². The maximum atomic E-state index is 12.7. The Balaban J connectivity index is 2.00. The SMILES string of the molecule is CC(C)(C)OC(=O)NC(CCC(=O)N1CCOCc2ccccc21)C(=O)O. The minimum Gasteiger partial charge on any atom is -0.480 e. The molecule has 0 aliphatic carbocycles. The summed E-state index contributed by atoms with van der Waals surface area (Å²) in [7, 11) is 0. The normalized spacial score (nSPS) is 15.3. The van der Waals surface area contributed by atoms with Crippen LogP contribution in [0.25, 0.3) is 0 Å². The Morgan fingerprint density at radius 1 is 1.30 bits per heavy atom. The van der Waals surface area contributed by atoms with Crippen LogP contribution in [0.3, 0.4) is 0 Å². The Labute approximate surface area is 158 Å². The molecule has 0 aromatic heterocycles. The number of aliphatic carboxylic acids is 1. The van der Waals surface area contributed by atoms with E-state index >= 15 is 0 Å². The molecule has 1 aliphatic heterocycles. The number of amides is 2. The van der Waals surface area contributed by atoms with Crippen molar-refractivity contribution in [2.75, 3.05) is 18.1 Å². The molecule has 2 amide bonds. The molecular weight excluding hydrogens is 352 g/mol. The van der Waals surface area contributed by atoms with Crippen LogP contribution in [0.5, 0.6) is 0 Å². The maximum Gasteiger partial charge on any atom is 0.408 e. The fraction of sp³-hybridized carbons (Fsp3) is 0.526. The van der Waals surface area contributed by atoms with Gasteiger partial charge in [0.05, 0.1) is 13.2 Å². The van der Waals surface area contributed by atoms with Crippen LogP contribution in [-0.4, -0.2) is 47.9 Å². The summed E-state index contributed by atoms with van der Waals surface area (Å²) < 4.78 is 10.6. The highest BCUT2D eigenvalue weighted by atomic mass is 16.6. The number of nitrogens with one attached hydrogen (secondary N) is 1. The van der Waals surface area contributed by atoms with Crippen molar-refractivity contribution in [3.63, 3.8) is 0 Å². The average Bonchev–Trinajstić information content (AvgIpc) is 2.79. The highest BCUT2D eigenvalue weighted by molar-refractivity contribution is 5.94. The van der Waals surface area contributed by atoms with E-state index in [1.807, 2.05) is 24.3 Å². The fourth-order valence-electron chi connectivity index (χ4n) is 2.72. The summed E-state index contributed by atoms with van der Waals surface area (Å²) in [4.78, 5) is 37.5. The number of ether oxygens (including phenoxy) is 2. The number of carbonyl (C=O) groups excluding carboxylic acids is 2. The third-order valence-electron chi connectivity index (χ3n) is 3.94. The Kier molecular flexibility index (Phi) is 6.79. The lowest BCUT2D eigenvalue weighted by atomic mass is 10.1. The monoisotopic (exact) mass is 378 g/mol. The van der Waals surface area contributed by atoms with Crippen molar-refractivity contribution < 1.29 is 29.0 Å².